The summed E-state index contributed by atoms with van der Waals surface area (Å²) in [6.07, 6.45) is 3.41. The molecule has 0 aromatic heterocycles. The molecule has 3 atom stereocenters. The number of hydrogen-bond donors (Lipinski definition) is 0. The molecule has 8 nitrogen and oxygen atoms in total. The second-order valence-corrected chi connectivity index (χ2v) is 9.29. The molecule has 3 aliphatic rings. The van der Waals surface area contributed by atoms with Crippen LogP contribution in [0.15, 0.2) is 0 Å². The van der Waals surface area contributed by atoms with Crippen molar-refractivity contribution in [2.24, 2.45) is 5.92 Å². The van der Waals surface area contributed by atoms with Crippen molar-refractivity contribution in [1.29, 1.82) is 0 Å². The maximum atomic E-state index is 12.8. The lowest BCUT2D eigenvalue weighted by atomic mass is 9.94. The number of nitrogens with zero attached hydrogens (tertiary/aromatic N) is 3. The zero-order valence-corrected chi connectivity index (χ0v) is 16.4. The minimum absolute atomic E-state index is 0.0215. The van der Waals surface area contributed by atoms with Crippen molar-refractivity contribution in [3.05, 3.63) is 0 Å². The summed E-state index contributed by atoms with van der Waals surface area (Å²) in [4.78, 5) is 29.5. The molecule has 3 saturated heterocycles. The Labute approximate surface area is 155 Å². The summed E-state index contributed by atoms with van der Waals surface area (Å²) in [5.41, 5.74) is 0. The van der Waals surface area contributed by atoms with Crippen molar-refractivity contribution in [3.8, 4) is 0 Å². The number of carbonyl (C=O) groups excluding carboxylic acids is 2. The van der Waals surface area contributed by atoms with Crippen LogP contribution >= 0.6 is 0 Å². The Bertz CT molecular complexity index is 647. The number of amides is 2. The molecule has 0 aliphatic carbocycles. The molecule has 0 bridgehead atoms. The van der Waals surface area contributed by atoms with Crippen LogP contribution in [0.5, 0.6) is 0 Å². The predicted octanol–water partition coefficient (Wildman–Crippen LogP) is -0.104. The van der Waals surface area contributed by atoms with Crippen LogP contribution in [-0.4, -0.2) is 92.1 Å². The zero-order valence-electron chi connectivity index (χ0n) is 15.6. The van der Waals surface area contributed by atoms with E-state index in [0.29, 0.717) is 45.6 Å². The number of ether oxygens (including phenoxy) is 1. The predicted molar refractivity (Wildman–Crippen MR) is 95.9 cm³/mol. The molecular weight excluding hydrogens is 358 g/mol. The van der Waals surface area contributed by atoms with Gasteiger partial charge in [-0.2, -0.15) is 0 Å². The van der Waals surface area contributed by atoms with Crippen LogP contribution in [0.3, 0.4) is 0 Å². The number of carbonyl (C=O) groups is 2. The van der Waals surface area contributed by atoms with Gasteiger partial charge in [0.2, 0.25) is 21.8 Å². The van der Waals surface area contributed by atoms with Crippen LogP contribution in [0, 0.1) is 5.92 Å². The van der Waals surface area contributed by atoms with Crippen LogP contribution in [0.1, 0.15) is 32.6 Å². The van der Waals surface area contributed by atoms with Crippen molar-refractivity contribution < 1.29 is 22.7 Å². The first-order chi connectivity index (χ1) is 12.3. The lowest BCUT2D eigenvalue weighted by molar-refractivity contribution is -0.134. The molecule has 26 heavy (non-hydrogen) atoms. The van der Waals surface area contributed by atoms with E-state index >= 15 is 0 Å². The summed E-state index contributed by atoms with van der Waals surface area (Å²) in [6.45, 7) is 6.23. The first-order valence-corrected chi connectivity index (χ1v) is 11.3. The number of fused-ring (bicyclic) bond motifs is 1. The third-order valence-electron chi connectivity index (χ3n) is 5.69. The highest BCUT2D eigenvalue weighted by Crippen LogP contribution is 2.40. The normalized spacial score (nSPS) is 30.1. The van der Waals surface area contributed by atoms with Crippen LogP contribution in [-0.2, 0) is 24.3 Å². The van der Waals surface area contributed by atoms with Gasteiger partial charge in [-0.3, -0.25) is 14.5 Å². The van der Waals surface area contributed by atoms with Gasteiger partial charge in [-0.15, -0.1) is 0 Å². The Balaban J connectivity index is 1.71. The van der Waals surface area contributed by atoms with E-state index in [1.807, 2.05) is 6.92 Å². The van der Waals surface area contributed by atoms with Gasteiger partial charge in [-0.25, -0.2) is 12.7 Å². The van der Waals surface area contributed by atoms with Crippen LogP contribution in [0.2, 0.25) is 0 Å². The number of sulfonamides is 1. The Morgan fingerprint density at radius 1 is 1.23 bits per heavy atom. The number of morpholine rings is 1. The molecule has 0 N–H and O–H groups in total. The monoisotopic (exact) mass is 387 g/mol. The van der Waals surface area contributed by atoms with Crippen molar-refractivity contribution >= 4 is 21.8 Å². The first-order valence-electron chi connectivity index (χ1n) is 9.47. The molecule has 0 spiro atoms. The Morgan fingerprint density at radius 2 is 1.92 bits per heavy atom. The van der Waals surface area contributed by atoms with Gasteiger partial charge in [0, 0.05) is 32.6 Å². The Kier molecular flexibility index (Phi) is 5.88. The standard InChI is InChI=1S/C17H29N3O5S/c1-3-4-13-16-14(20(17(13)22)26(2,23)24)5-8-19(16)15(21)6-7-18-9-11-25-12-10-18/h13-14,16H,3-12H2,1-2H3/t13-,14+,16-/m1/s1. The van der Waals surface area contributed by atoms with Gasteiger partial charge in [-0.1, -0.05) is 13.3 Å². The van der Waals surface area contributed by atoms with Crippen LogP contribution in [0.4, 0.5) is 0 Å². The summed E-state index contributed by atoms with van der Waals surface area (Å²) in [5, 5.41) is 0. The lowest BCUT2D eigenvalue weighted by Gasteiger charge is -2.30. The smallest absolute Gasteiger partial charge is 0.241 e. The van der Waals surface area contributed by atoms with Crippen molar-refractivity contribution in [2.75, 3.05) is 45.6 Å². The summed E-state index contributed by atoms with van der Waals surface area (Å²) < 4.78 is 30.6. The third-order valence-corrected chi connectivity index (χ3v) is 6.86. The van der Waals surface area contributed by atoms with E-state index in [9.17, 15) is 18.0 Å². The van der Waals surface area contributed by atoms with Gasteiger partial charge in [0.25, 0.3) is 0 Å². The molecule has 9 heteroatoms. The molecule has 0 aromatic rings. The van der Waals surface area contributed by atoms with Gasteiger partial charge < -0.3 is 9.64 Å². The van der Waals surface area contributed by atoms with E-state index in [1.165, 1.54) is 0 Å². The molecule has 2 amide bonds. The van der Waals surface area contributed by atoms with E-state index in [2.05, 4.69) is 4.90 Å². The van der Waals surface area contributed by atoms with Gasteiger partial charge >= 0.3 is 0 Å². The molecule has 0 radical (unpaired) electrons. The van der Waals surface area contributed by atoms with Gasteiger partial charge in [0.1, 0.15) is 0 Å². The molecular formula is C17H29N3O5S. The first kappa shape index (κ1) is 19.6. The molecule has 3 heterocycles. The fourth-order valence-corrected chi connectivity index (χ4v) is 5.73. The van der Waals surface area contributed by atoms with E-state index < -0.39 is 22.0 Å². The molecule has 3 aliphatic heterocycles. The highest BCUT2D eigenvalue weighted by molar-refractivity contribution is 7.88. The zero-order chi connectivity index (χ0) is 18.9. The topological polar surface area (TPSA) is 87.2 Å². The van der Waals surface area contributed by atoms with Gasteiger partial charge in [0.15, 0.2) is 0 Å². The van der Waals surface area contributed by atoms with E-state index in [1.54, 1.807) is 4.90 Å². The summed E-state index contributed by atoms with van der Waals surface area (Å²) in [6, 6.07) is -0.712. The van der Waals surface area contributed by atoms with Crippen molar-refractivity contribution in [2.45, 2.75) is 44.7 Å². The van der Waals surface area contributed by atoms with Crippen molar-refractivity contribution in [3.63, 3.8) is 0 Å². The number of rotatable bonds is 6. The largest absolute Gasteiger partial charge is 0.379 e. The Hall–Kier alpha value is -1.19. The van der Waals surface area contributed by atoms with E-state index in [4.69, 9.17) is 4.74 Å². The van der Waals surface area contributed by atoms with Crippen LogP contribution in [0.25, 0.3) is 0 Å². The average molecular weight is 388 g/mol. The Morgan fingerprint density at radius 3 is 2.54 bits per heavy atom. The van der Waals surface area contributed by atoms with Crippen molar-refractivity contribution in [1.82, 2.24) is 14.1 Å². The second kappa shape index (κ2) is 7.82. The minimum atomic E-state index is -3.61. The summed E-state index contributed by atoms with van der Waals surface area (Å²) in [5.74, 6) is -0.724. The number of hydrogen-bond acceptors (Lipinski definition) is 6. The summed E-state index contributed by atoms with van der Waals surface area (Å²) in [7, 11) is -3.61. The molecule has 3 rings (SSSR count). The molecule has 0 saturated carbocycles. The number of likely N-dealkylation sites (tertiary alicyclic amines) is 1. The third kappa shape index (κ3) is 3.75. The maximum absolute atomic E-state index is 12.8. The molecule has 0 unspecified atom stereocenters. The summed E-state index contributed by atoms with van der Waals surface area (Å²) >= 11 is 0. The lowest BCUT2D eigenvalue weighted by Crippen LogP contribution is -2.45. The van der Waals surface area contributed by atoms with E-state index in [0.717, 1.165) is 30.1 Å². The van der Waals surface area contributed by atoms with Gasteiger partial charge in [-0.05, 0) is 12.8 Å². The highest BCUT2D eigenvalue weighted by atomic mass is 32.2. The molecule has 3 fully saturated rings. The maximum Gasteiger partial charge on any atom is 0.241 e. The highest BCUT2D eigenvalue weighted by Gasteiger charge is 2.56. The SMILES string of the molecule is CCC[C@H]1C(=O)N(S(C)(=O)=O)[C@H]2CCN(C(=O)CCN3CCOCC3)[C@H]12. The van der Waals surface area contributed by atoms with E-state index in [-0.39, 0.29) is 17.9 Å². The minimum Gasteiger partial charge on any atom is -0.379 e. The average Bonchev–Trinajstić information content (AvgIpc) is 3.12. The molecule has 148 valence electrons. The van der Waals surface area contributed by atoms with Gasteiger partial charge in [0.05, 0.1) is 37.5 Å². The quantitative estimate of drug-likeness (QED) is 0.632. The second-order valence-electron chi connectivity index (χ2n) is 7.43. The fourth-order valence-electron chi connectivity index (χ4n) is 4.54. The fraction of sp³-hybridized carbons (Fsp3) is 0.882. The van der Waals surface area contributed by atoms with Crippen LogP contribution < -0.4 is 0 Å². The molecule has 0 aromatic carbocycles.